The van der Waals surface area contributed by atoms with Gasteiger partial charge in [-0.15, -0.1) is 0 Å². The molecule has 0 heterocycles. The first kappa shape index (κ1) is 18.3. The summed E-state index contributed by atoms with van der Waals surface area (Å²) in [5, 5.41) is 0. The summed E-state index contributed by atoms with van der Waals surface area (Å²) in [7, 11) is 0. The van der Waals surface area contributed by atoms with E-state index in [1.165, 1.54) is 0 Å². The molecule has 0 amide bonds. The monoisotopic (exact) mass is 338 g/mol. The molecular weight excluding hydrogens is 329 g/mol. The normalized spacial score (nSPS) is 31.7. The molecule has 0 bridgehead atoms. The van der Waals surface area contributed by atoms with Gasteiger partial charge in [-0.2, -0.15) is 43.9 Å². The quantitative estimate of drug-likeness (QED) is 0.550. The molecule has 0 aromatic heterocycles. The number of rotatable bonds is 0. The van der Waals surface area contributed by atoms with Gasteiger partial charge in [-0.3, -0.25) is 0 Å². The molecular formula is C10H9F11. The first-order valence-electron chi connectivity index (χ1n) is 5.33. The van der Waals surface area contributed by atoms with Crippen LogP contribution in [0.25, 0.3) is 0 Å². The molecule has 1 rings (SSSR count). The van der Waals surface area contributed by atoms with Gasteiger partial charge in [-0.05, 0) is 0 Å². The number of alkyl halides is 11. The van der Waals surface area contributed by atoms with Crippen molar-refractivity contribution in [2.24, 2.45) is 5.41 Å². The lowest BCUT2D eigenvalue weighted by Crippen LogP contribution is -2.86. The standard InChI is InChI=1S/C10H9F11/c1-4(2,3)5(11)6(12,13)8(16,17)10(20,21)9(18,19)7(5,14)15/h1-3H3. The summed E-state index contributed by atoms with van der Waals surface area (Å²) >= 11 is 0. The zero-order valence-electron chi connectivity index (χ0n) is 10.7. The van der Waals surface area contributed by atoms with Gasteiger partial charge in [-0.25, -0.2) is 4.39 Å². The van der Waals surface area contributed by atoms with Gasteiger partial charge in [0.15, 0.2) is 0 Å². The van der Waals surface area contributed by atoms with E-state index in [2.05, 4.69) is 0 Å². The summed E-state index contributed by atoms with van der Waals surface area (Å²) < 4.78 is 146. The highest BCUT2D eigenvalue weighted by atomic mass is 19.4. The van der Waals surface area contributed by atoms with Gasteiger partial charge in [0, 0.05) is 5.41 Å². The van der Waals surface area contributed by atoms with Crippen molar-refractivity contribution in [2.75, 3.05) is 0 Å². The summed E-state index contributed by atoms with van der Waals surface area (Å²) in [6.45, 7) is 0.597. The van der Waals surface area contributed by atoms with Crippen LogP contribution < -0.4 is 0 Å². The number of halogens is 11. The minimum Gasteiger partial charge on any atom is -0.229 e. The molecule has 0 radical (unpaired) electrons. The van der Waals surface area contributed by atoms with Crippen LogP contribution in [-0.4, -0.2) is 35.3 Å². The van der Waals surface area contributed by atoms with Crippen molar-refractivity contribution in [1.82, 2.24) is 0 Å². The van der Waals surface area contributed by atoms with E-state index in [0.717, 1.165) is 0 Å². The molecule has 0 aliphatic heterocycles. The molecule has 1 fully saturated rings. The molecule has 21 heavy (non-hydrogen) atoms. The van der Waals surface area contributed by atoms with Crippen LogP contribution >= 0.6 is 0 Å². The van der Waals surface area contributed by atoms with Gasteiger partial charge in [0.2, 0.25) is 0 Å². The van der Waals surface area contributed by atoms with E-state index >= 15 is 0 Å². The van der Waals surface area contributed by atoms with Crippen LogP contribution in [0.4, 0.5) is 48.3 Å². The van der Waals surface area contributed by atoms with Crippen molar-refractivity contribution in [2.45, 2.75) is 56.1 Å². The van der Waals surface area contributed by atoms with E-state index in [9.17, 15) is 48.3 Å². The average Bonchev–Trinajstić information content (AvgIpc) is 2.23. The van der Waals surface area contributed by atoms with Crippen LogP contribution in [0.1, 0.15) is 20.8 Å². The lowest BCUT2D eigenvalue weighted by molar-refractivity contribution is -0.496. The van der Waals surface area contributed by atoms with Gasteiger partial charge < -0.3 is 0 Å². The number of hydrogen-bond donors (Lipinski definition) is 0. The van der Waals surface area contributed by atoms with E-state index < -0.39 is 40.7 Å². The predicted octanol–water partition coefficient (Wildman–Crippen LogP) is 4.93. The maximum absolute atomic E-state index is 14.2. The van der Waals surface area contributed by atoms with Gasteiger partial charge in [0.1, 0.15) is 0 Å². The van der Waals surface area contributed by atoms with Crippen molar-refractivity contribution in [3.63, 3.8) is 0 Å². The fourth-order valence-electron chi connectivity index (χ4n) is 2.16. The topological polar surface area (TPSA) is 0 Å². The van der Waals surface area contributed by atoms with Crippen LogP contribution in [0, 0.1) is 5.41 Å². The smallest absolute Gasteiger partial charge is 0.229 e. The highest BCUT2D eigenvalue weighted by Crippen LogP contribution is 2.72. The van der Waals surface area contributed by atoms with E-state index in [-0.39, 0.29) is 20.8 Å². The first-order chi connectivity index (χ1) is 8.75. The summed E-state index contributed by atoms with van der Waals surface area (Å²) in [6, 6.07) is 0. The summed E-state index contributed by atoms with van der Waals surface area (Å²) in [4.78, 5) is 0. The molecule has 0 unspecified atom stereocenters. The van der Waals surface area contributed by atoms with Crippen molar-refractivity contribution in [3.8, 4) is 0 Å². The predicted molar refractivity (Wildman–Crippen MR) is 48.0 cm³/mol. The summed E-state index contributed by atoms with van der Waals surface area (Å²) in [6.07, 6.45) is 0. The zero-order valence-corrected chi connectivity index (χ0v) is 10.7. The molecule has 0 aromatic carbocycles. The first-order valence-corrected chi connectivity index (χ1v) is 5.33. The van der Waals surface area contributed by atoms with Gasteiger partial charge in [0.05, 0.1) is 0 Å². The van der Waals surface area contributed by atoms with Crippen molar-refractivity contribution in [1.29, 1.82) is 0 Å². The molecule has 0 aromatic rings. The Bertz CT molecular complexity index is 412. The Hall–Kier alpha value is -0.770. The lowest BCUT2D eigenvalue weighted by atomic mass is 9.61. The van der Waals surface area contributed by atoms with E-state index in [4.69, 9.17) is 0 Å². The second-order valence-electron chi connectivity index (χ2n) is 5.78. The van der Waals surface area contributed by atoms with Crippen LogP contribution in [0.2, 0.25) is 0 Å². The molecule has 1 saturated carbocycles. The van der Waals surface area contributed by atoms with E-state index in [1.807, 2.05) is 0 Å². The van der Waals surface area contributed by atoms with E-state index in [1.54, 1.807) is 0 Å². The van der Waals surface area contributed by atoms with Gasteiger partial charge in [0.25, 0.3) is 5.67 Å². The highest BCUT2D eigenvalue weighted by molar-refractivity contribution is 5.29. The Balaban J connectivity index is 3.93. The number of hydrogen-bond acceptors (Lipinski definition) is 0. The van der Waals surface area contributed by atoms with Crippen LogP contribution in [0.15, 0.2) is 0 Å². The SMILES string of the molecule is CC(C)(C)C1(F)C(F)(F)C(F)(F)C(F)(F)C(F)(F)C1(F)F. The maximum atomic E-state index is 14.2. The Kier molecular flexibility index (Phi) is 3.27. The molecule has 0 nitrogen and oxygen atoms in total. The Morgan fingerprint density at radius 2 is 0.619 bits per heavy atom. The minimum atomic E-state index is -7.14. The van der Waals surface area contributed by atoms with Gasteiger partial charge >= 0.3 is 29.6 Å². The van der Waals surface area contributed by atoms with Crippen LogP contribution in [0.5, 0.6) is 0 Å². The average molecular weight is 338 g/mol. The molecule has 1 aliphatic carbocycles. The van der Waals surface area contributed by atoms with Crippen molar-refractivity contribution in [3.05, 3.63) is 0 Å². The van der Waals surface area contributed by atoms with Gasteiger partial charge in [-0.1, -0.05) is 20.8 Å². The molecule has 1 aliphatic rings. The fourth-order valence-corrected chi connectivity index (χ4v) is 2.16. The van der Waals surface area contributed by atoms with Crippen molar-refractivity contribution >= 4 is 0 Å². The molecule has 126 valence electrons. The van der Waals surface area contributed by atoms with Crippen LogP contribution in [-0.2, 0) is 0 Å². The molecule has 0 saturated heterocycles. The summed E-state index contributed by atoms with van der Waals surface area (Å²) in [5.74, 6) is -34.7. The Morgan fingerprint density at radius 3 is 0.810 bits per heavy atom. The van der Waals surface area contributed by atoms with Crippen LogP contribution in [0.3, 0.4) is 0 Å². The Labute approximate surface area is 111 Å². The second-order valence-corrected chi connectivity index (χ2v) is 5.78. The van der Waals surface area contributed by atoms with E-state index in [0.29, 0.717) is 0 Å². The molecule has 11 heteroatoms. The minimum absolute atomic E-state index is 0.199. The van der Waals surface area contributed by atoms with Crippen molar-refractivity contribution < 1.29 is 48.3 Å². The molecule has 0 spiro atoms. The fraction of sp³-hybridized carbons (Fsp3) is 1.00. The maximum Gasteiger partial charge on any atom is 0.384 e. The highest BCUT2D eigenvalue weighted by Gasteiger charge is 3.02. The third-order valence-electron chi connectivity index (χ3n) is 3.48. The molecule has 0 N–H and O–H groups in total. The summed E-state index contributed by atoms with van der Waals surface area (Å²) in [5.41, 5.74) is -9.12. The lowest BCUT2D eigenvalue weighted by Gasteiger charge is -2.56. The second kappa shape index (κ2) is 3.76. The zero-order chi connectivity index (χ0) is 17.5. The third kappa shape index (κ3) is 1.47. The third-order valence-corrected chi connectivity index (χ3v) is 3.48. The Morgan fingerprint density at radius 1 is 0.429 bits per heavy atom. The largest absolute Gasteiger partial charge is 0.384 e. The molecule has 0 atom stereocenters.